The van der Waals surface area contributed by atoms with Crippen LogP contribution in [-0.4, -0.2) is 37.2 Å². The Morgan fingerprint density at radius 1 is 0.323 bits per heavy atom. The first-order valence-electron chi connectivity index (χ1n) is 24.2. The molecule has 0 aliphatic carbocycles. The van der Waals surface area contributed by atoms with Crippen molar-refractivity contribution in [2.75, 3.05) is 13.2 Å². The fourth-order valence-electron chi connectivity index (χ4n) is 5.87. The van der Waals surface area contributed by atoms with Crippen molar-refractivity contribution in [3.05, 3.63) is 134 Å². The Morgan fingerprint density at radius 2 is 0.613 bits per heavy atom. The molecule has 1 unspecified atom stereocenters. The fourth-order valence-corrected chi connectivity index (χ4v) is 5.87. The summed E-state index contributed by atoms with van der Waals surface area (Å²) in [5.74, 6) is -1.07. The van der Waals surface area contributed by atoms with E-state index in [1.165, 1.54) is 0 Å². The first kappa shape index (κ1) is 57.5. The Hall–Kier alpha value is -4.45. The van der Waals surface area contributed by atoms with Gasteiger partial charge in [-0.15, -0.1) is 0 Å². The van der Waals surface area contributed by atoms with Crippen molar-refractivity contribution < 1.29 is 28.6 Å². The second kappa shape index (κ2) is 49.2. The molecule has 0 aliphatic rings. The van der Waals surface area contributed by atoms with Gasteiger partial charge in [0.05, 0.1) is 0 Å². The molecular weight excluding hydrogens is 769 g/mol. The van der Waals surface area contributed by atoms with Crippen LogP contribution in [0.25, 0.3) is 0 Å². The van der Waals surface area contributed by atoms with Gasteiger partial charge in [-0.1, -0.05) is 180 Å². The van der Waals surface area contributed by atoms with Crippen LogP contribution in [0, 0.1) is 0 Å². The Bertz CT molecular complexity index is 1400. The van der Waals surface area contributed by atoms with Crippen molar-refractivity contribution in [2.24, 2.45) is 0 Å². The second-order valence-corrected chi connectivity index (χ2v) is 15.2. The van der Waals surface area contributed by atoms with E-state index in [-0.39, 0.29) is 44.0 Å². The molecule has 62 heavy (non-hydrogen) atoms. The molecule has 0 aromatic heterocycles. The summed E-state index contributed by atoms with van der Waals surface area (Å²) in [5.41, 5.74) is 0. The number of ether oxygens (including phenoxy) is 3. The van der Waals surface area contributed by atoms with Crippen molar-refractivity contribution in [2.45, 2.75) is 187 Å². The van der Waals surface area contributed by atoms with Gasteiger partial charge in [-0.2, -0.15) is 0 Å². The number of hydrogen-bond donors (Lipinski definition) is 0. The molecule has 0 heterocycles. The molecule has 0 radical (unpaired) electrons. The van der Waals surface area contributed by atoms with Gasteiger partial charge in [0.2, 0.25) is 0 Å². The van der Waals surface area contributed by atoms with Crippen molar-refractivity contribution in [1.82, 2.24) is 0 Å². The molecule has 0 aromatic rings. The van der Waals surface area contributed by atoms with Crippen LogP contribution in [0.4, 0.5) is 0 Å². The van der Waals surface area contributed by atoms with Gasteiger partial charge in [0.25, 0.3) is 0 Å². The quantitative estimate of drug-likeness (QED) is 0.0264. The monoisotopic (exact) mass is 855 g/mol. The molecule has 0 fully saturated rings. The summed E-state index contributed by atoms with van der Waals surface area (Å²) >= 11 is 0. The maximum absolute atomic E-state index is 12.8. The third kappa shape index (κ3) is 46.6. The van der Waals surface area contributed by atoms with Gasteiger partial charge in [0, 0.05) is 19.3 Å². The Labute approximate surface area is 379 Å². The molecule has 0 saturated heterocycles. The standard InChI is InChI=1S/C56H86O6/c1-4-7-10-13-16-19-22-25-28-29-32-34-37-40-43-46-49-55(58)61-52-53(62-56(59)50-47-44-41-38-35-31-27-24-21-18-15-12-9-6-3)51-60-54(57)48-45-42-39-36-33-30-26-23-20-17-14-11-8-5-2/h7-12,16-21,25-28,30-32,34,40,43,53H,4-6,13-15,22-24,29,33,35-39,41-42,44-52H2,1-3H3/b10-7-,11-8-,12-9-,19-16-,20-17-,21-18-,28-25-,30-26-,31-27-,34-32-,43-40-. The molecular formula is C56H86O6. The van der Waals surface area contributed by atoms with Gasteiger partial charge in [0.1, 0.15) is 13.2 Å². The van der Waals surface area contributed by atoms with Gasteiger partial charge in [0.15, 0.2) is 6.10 Å². The molecule has 0 N–H and O–H groups in total. The van der Waals surface area contributed by atoms with E-state index in [2.05, 4.69) is 142 Å². The van der Waals surface area contributed by atoms with E-state index >= 15 is 0 Å². The largest absolute Gasteiger partial charge is 0.462 e. The number of unbranched alkanes of at least 4 members (excludes halogenated alkanes) is 8. The summed E-state index contributed by atoms with van der Waals surface area (Å²) in [6.07, 6.45) is 68.7. The van der Waals surface area contributed by atoms with Crippen molar-refractivity contribution >= 4 is 17.9 Å². The van der Waals surface area contributed by atoms with Crippen LogP contribution in [0.1, 0.15) is 181 Å². The summed E-state index contributed by atoms with van der Waals surface area (Å²) in [4.78, 5) is 37.9. The van der Waals surface area contributed by atoms with Gasteiger partial charge in [-0.3, -0.25) is 14.4 Å². The van der Waals surface area contributed by atoms with Crippen LogP contribution in [0.2, 0.25) is 0 Å². The highest BCUT2D eigenvalue weighted by Crippen LogP contribution is 2.11. The molecule has 346 valence electrons. The topological polar surface area (TPSA) is 78.9 Å². The van der Waals surface area contributed by atoms with Crippen LogP contribution in [0.3, 0.4) is 0 Å². The predicted octanol–water partition coefficient (Wildman–Crippen LogP) is 15.9. The molecule has 0 spiro atoms. The Kier molecular flexibility index (Phi) is 45.7. The number of carbonyl (C=O) groups excluding carboxylic acids is 3. The number of esters is 3. The summed E-state index contributed by atoms with van der Waals surface area (Å²) in [6.45, 7) is 6.16. The molecule has 0 bridgehead atoms. The Morgan fingerprint density at radius 3 is 0.984 bits per heavy atom. The summed E-state index contributed by atoms with van der Waals surface area (Å²) in [6, 6.07) is 0. The average molecular weight is 855 g/mol. The van der Waals surface area contributed by atoms with E-state index in [9.17, 15) is 14.4 Å². The SMILES string of the molecule is CC/C=C\C/C=C\C/C=C\C/C=C\C/C=C\CCC(=O)OCC(COC(=O)CCCCCC/C=C\C/C=C\C/C=C\CC)OC(=O)CCCCCC/C=C\C/C=C\C/C=C\CC. The second-order valence-electron chi connectivity index (χ2n) is 15.2. The van der Waals surface area contributed by atoms with E-state index in [4.69, 9.17) is 14.2 Å². The lowest BCUT2D eigenvalue weighted by Crippen LogP contribution is -2.30. The summed E-state index contributed by atoms with van der Waals surface area (Å²) in [5, 5.41) is 0. The van der Waals surface area contributed by atoms with Gasteiger partial charge >= 0.3 is 17.9 Å². The van der Waals surface area contributed by atoms with Crippen LogP contribution >= 0.6 is 0 Å². The van der Waals surface area contributed by atoms with E-state index in [0.29, 0.717) is 12.8 Å². The van der Waals surface area contributed by atoms with E-state index in [0.717, 1.165) is 135 Å². The third-order valence-electron chi connectivity index (χ3n) is 9.39. The molecule has 1 atom stereocenters. The molecule has 6 nitrogen and oxygen atoms in total. The molecule has 0 aromatic carbocycles. The highest BCUT2D eigenvalue weighted by atomic mass is 16.6. The maximum Gasteiger partial charge on any atom is 0.306 e. The summed E-state index contributed by atoms with van der Waals surface area (Å²) in [7, 11) is 0. The highest BCUT2D eigenvalue weighted by Gasteiger charge is 2.19. The number of rotatable bonds is 41. The molecule has 0 saturated carbocycles. The molecule has 6 heteroatoms. The highest BCUT2D eigenvalue weighted by molar-refractivity contribution is 5.71. The lowest BCUT2D eigenvalue weighted by Gasteiger charge is -2.18. The summed E-state index contributed by atoms with van der Waals surface area (Å²) < 4.78 is 16.6. The van der Waals surface area contributed by atoms with E-state index in [1.807, 2.05) is 12.2 Å². The number of hydrogen-bond acceptors (Lipinski definition) is 6. The normalized spacial score (nSPS) is 13.3. The van der Waals surface area contributed by atoms with Crippen molar-refractivity contribution in [1.29, 1.82) is 0 Å². The number of carbonyl (C=O) groups is 3. The zero-order chi connectivity index (χ0) is 45.1. The average Bonchev–Trinajstić information content (AvgIpc) is 3.27. The molecule has 0 amide bonds. The number of allylic oxidation sites excluding steroid dienone is 22. The Balaban J connectivity index is 4.60. The lowest BCUT2D eigenvalue weighted by molar-refractivity contribution is -0.166. The smallest absolute Gasteiger partial charge is 0.306 e. The predicted molar refractivity (Wildman–Crippen MR) is 265 cm³/mol. The zero-order valence-electron chi connectivity index (χ0n) is 39.3. The maximum atomic E-state index is 12.8. The third-order valence-corrected chi connectivity index (χ3v) is 9.39. The minimum absolute atomic E-state index is 0.127. The minimum atomic E-state index is -0.833. The van der Waals surface area contributed by atoms with Crippen molar-refractivity contribution in [3.63, 3.8) is 0 Å². The molecule has 0 rings (SSSR count). The van der Waals surface area contributed by atoms with Crippen LogP contribution < -0.4 is 0 Å². The fraction of sp³-hybridized carbons (Fsp3) is 0.554. The van der Waals surface area contributed by atoms with Gasteiger partial charge < -0.3 is 14.2 Å². The first-order valence-corrected chi connectivity index (χ1v) is 24.2. The zero-order valence-corrected chi connectivity index (χ0v) is 39.3. The van der Waals surface area contributed by atoms with Crippen molar-refractivity contribution in [3.8, 4) is 0 Å². The molecule has 0 aliphatic heterocycles. The van der Waals surface area contributed by atoms with Crippen LogP contribution in [-0.2, 0) is 28.6 Å². The van der Waals surface area contributed by atoms with Gasteiger partial charge in [-0.25, -0.2) is 0 Å². The minimum Gasteiger partial charge on any atom is -0.462 e. The van der Waals surface area contributed by atoms with E-state index in [1.54, 1.807) is 0 Å². The lowest BCUT2D eigenvalue weighted by atomic mass is 10.1. The van der Waals surface area contributed by atoms with E-state index < -0.39 is 6.10 Å². The first-order chi connectivity index (χ1) is 30.5. The van der Waals surface area contributed by atoms with Crippen LogP contribution in [0.5, 0.6) is 0 Å². The van der Waals surface area contributed by atoms with Gasteiger partial charge in [-0.05, 0) is 116 Å². The van der Waals surface area contributed by atoms with Crippen LogP contribution in [0.15, 0.2) is 134 Å².